The minimum absolute atomic E-state index is 0.1000. The first-order chi connectivity index (χ1) is 11.3. The van der Waals surface area contributed by atoms with Gasteiger partial charge in [-0.3, -0.25) is 9.89 Å². The lowest BCUT2D eigenvalue weighted by Gasteiger charge is -2.40. The van der Waals surface area contributed by atoms with Gasteiger partial charge in [-0.05, 0) is 31.9 Å². The fourth-order valence-electron chi connectivity index (χ4n) is 3.91. The number of hydrogen-bond donors (Lipinski definition) is 2. The monoisotopic (exact) mass is 311 g/mol. The van der Waals surface area contributed by atoms with E-state index >= 15 is 0 Å². The van der Waals surface area contributed by atoms with Crippen molar-refractivity contribution in [3.05, 3.63) is 36.2 Å². The molecule has 0 saturated carbocycles. The number of rotatable bonds is 2. The quantitative estimate of drug-likeness (QED) is 0.885. The van der Waals surface area contributed by atoms with Crippen molar-refractivity contribution in [1.29, 1.82) is 0 Å². The summed E-state index contributed by atoms with van der Waals surface area (Å²) in [5.74, 6) is 0.742. The van der Waals surface area contributed by atoms with Crippen LogP contribution in [0.4, 0.5) is 0 Å². The van der Waals surface area contributed by atoms with Gasteiger partial charge < -0.3 is 10.2 Å². The molecule has 0 aliphatic carbocycles. The number of carbonyl (C=O) groups excluding carboxylic acids is 1. The second-order valence-corrected chi connectivity index (χ2v) is 6.64. The van der Waals surface area contributed by atoms with Gasteiger partial charge in [0.15, 0.2) is 5.82 Å². The van der Waals surface area contributed by atoms with Gasteiger partial charge in [-0.15, -0.1) is 0 Å². The summed E-state index contributed by atoms with van der Waals surface area (Å²) in [6.07, 6.45) is 4.93. The molecule has 1 spiro atoms. The van der Waals surface area contributed by atoms with Crippen molar-refractivity contribution in [1.82, 2.24) is 25.4 Å². The van der Waals surface area contributed by atoms with Crippen molar-refractivity contribution in [2.75, 3.05) is 26.2 Å². The number of H-pyrrole nitrogens is 1. The molecule has 0 bridgehead atoms. The molecule has 2 fully saturated rings. The molecule has 23 heavy (non-hydrogen) atoms. The van der Waals surface area contributed by atoms with E-state index in [9.17, 15) is 4.79 Å². The SMILES string of the molecule is O=C(c1ccccc1-c1ncn[nH]1)N1CCC[C@@]2(CCNC2)C1. The number of aromatic nitrogens is 3. The zero-order chi connectivity index (χ0) is 15.7. The van der Waals surface area contributed by atoms with Crippen LogP contribution in [0.1, 0.15) is 29.6 Å². The molecule has 0 unspecified atom stereocenters. The zero-order valence-electron chi connectivity index (χ0n) is 13.1. The smallest absolute Gasteiger partial charge is 0.254 e. The van der Waals surface area contributed by atoms with E-state index < -0.39 is 0 Å². The van der Waals surface area contributed by atoms with E-state index in [1.807, 2.05) is 29.2 Å². The molecule has 1 amide bonds. The van der Waals surface area contributed by atoms with E-state index in [2.05, 4.69) is 20.5 Å². The predicted molar refractivity (Wildman–Crippen MR) is 86.9 cm³/mol. The molecule has 0 radical (unpaired) electrons. The summed E-state index contributed by atoms with van der Waals surface area (Å²) in [5, 5.41) is 10.2. The van der Waals surface area contributed by atoms with Crippen LogP contribution >= 0.6 is 0 Å². The summed E-state index contributed by atoms with van der Waals surface area (Å²) in [5.41, 5.74) is 1.79. The molecular formula is C17H21N5O. The summed E-state index contributed by atoms with van der Waals surface area (Å²) in [6.45, 7) is 3.78. The summed E-state index contributed by atoms with van der Waals surface area (Å²) >= 11 is 0. The van der Waals surface area contributed by atoms with Crippen molar-refractivity contribution < 1.29 is 4.79 Å². The van der Waals surface area contributed by atoms with Crippen LogP contribution in [0.25, 0.3) is 11.4 Å². The Morgan fingerprint density at radius 1 is 1.26 bits per heavy atom. The van der Waals surface area contributed by atoms with Crippen molar-refractivity contribution in [3.63, 3.8) is 0 Å². The first-order valence-corrected chi connectivity index (χ1v) is 8.22. The Kier molecular flexibility index (Phi) is 3.61. The van der Waals surface area contributed by atoms with Gasteiger partial charge in [0, 0.05) is 30.6 Å². The number of nitrogens with one attached hydrogen (secondary N) is 2. The molecule has 1 aromatic carbocycles. The number of carbonyl (C=O) groups is 1. The highest BCUT2D eigenvalue weighted by atomic mass is 16.2. The topological polar surface area (TPSA) is 73.9 Å². The van der Waals surface area contributed by atoms with Crippen LogP contribution < -0.4 is 5.32 Å². The molecule has 2 N–H and O–H groups in total. The summed E-state index contributed by atoms with van der Waals surface area (Å²) in [6, 6.07) is 7.64. The van der Waals surface area contributed by atoms with Crippen LogP contribution in [0.3, 0.4) is 0 Å². The highest BCUT2D eigenvalue weighted by Gasteiger charge is 2.39. The number of likely N-dealkylation sites (tertiary alicyclic amines) is 1. The normalized spacial score (nSPS) is 24.3. The van der Waals surface area contributed by atoms with E-state index in [-0.39, 0.29) is 11.3 Å². The highest BCUT2D eigenvalue weighted by Crippen LogP contribution is 2.36. The van der Waals surface area contributed by atoms with E-state index in [0.29, 0.717) is 11.4 Å². The third kappa shape index (κ3) is 2.63. The van der Waals surface area contributed by atoms with Gasteiger partial charge in [-0.25, -0.2) is 4.98 Å². The van der Waals surface area contributed by atoms with E-state index in [4.69, 9.17) is 0 Å². The van der Waals surface area contributed by atoms with Crippen LogP contribution in [0.15, 0.2) is 30.6 Å². The number of nitrogens with zero attached hydrogens (tertiary/aromatic N) is 3. The van der Waals surface area contributed by atoms with Crippen molar-refractivity contribution >= 4 is 5.91 Å². The molecule has 6 heteroatoms. The molecule has 1 aromatic heterocycles. The Labute approximate surface area is 135 Å². The van der Waals surface area contributed by atoms with Gasteiger partial charge in [-0.1, -0.05) is 18.2 Å². The Hall–Kier alpha value is -2.21. The maximum absolute atomic E-state index is 13.1. The van der Waals surface area contributed by atoms with Gasteiger partial charge >= 0.3 is 0 Å². The number of benzene rings is 1. The second-order valence-electron chi connectivity index (χ2n) is 6.64. The van der Waals surface area contributed by atoms with Gasteiger partial charge in [0.1, 0.15) is 6.33 Å². The van der Waals surface area contributed by atoms with Gasteiger partial charge in [0.05, 0.1) is 5.56 Å². The number of aromatic amines is 1. The molecule has 1 atom stereocenters. The molecule has 2 saturated heterocycles. The van der Waals surface area contributed by atoms with Crippen LogP contribution in [-0.2, 0) is 0 Å². The summed E-state index contributed by atoms with van der Waals surface area (Å²) < 4.78 is 0. The minimum Gasteiger partial charge on any atom is -0.338 e. The standard InChI is InChI=1S/C17H21N5O/c23-16(22-9-3-6-17(11-22)7-8-18-10-17)14-5-2-1-4-13(14)15-19-12-20-21-15/h1-2,4-5,12,18H,3,6-11H2,(H,19,20,21)/t17-/m0/s1. The Balaban J connectivity index is 1.62. The molecule has 3 heterocycles. The van der Waals surface area contributed by atoms with Gasteiger partial charge in [0.25, 0.3) is 5.91 Å². The fourth-order valence-corrected chi connectivity index (χ4v) is 3.91. The largest absolute Gasteiger partial charge is 0.338 e. The maximum Gasteiger partial charge on any atom is 0.254 e. The third-order valence-corrected chi connectivity index (χ3v) is 5.11. The third-order valence-electron chi connectivity index (χ3n) is 5.11. The van der Waals surface area contributed by atoms with Gasteiger partial charge in [-0.2, -0.15) is 5.10 Å². The Bertz CT molecular complexity index is 691. The van der Waals surface area contributed by atoms with E-state index in [1.54, 1.807) is 0 Å². The second kappa shape index (κ2) is 5.77. The van der Waals surface area contributed by atoms with Crippen molar-refractivity contribution in [2.45, 2.75) is 19.3 Å². The average Bonchev–Trinajstić information content (AvgIpc) is 3.27. The van der Waals surface area contributed by atoms with E-state index in [1.165, 1.54) is 19.2 Å². The lowest BCUT2D eigenvalue weighted by atomic mass is 9.79. The van der Waals surface area contributed by atoms with Crippen molar-refractivity contribution in [2.24, 2.45) is 5.41 Å². The predicted octanol–water partition coefficient (Wildman–Crippen LogP) is 1.69. The van der Waals surface area contributed by atoms with Crippen LogP contribution in [0, 0.1) is 5.41 Å². The molecular weight excluding hydrogens is 290 g/mol. The molecule has 4 rings (SSSR count). The molecule has 120 valence electrons. The Morgan fingerprint density at radius 2 is 2.17 bits per heavy atom. The lowest BCUT2D eigenvalue weighted by Crippen LogP contribution is -2.47. The number of amides is 1. The van der Waals surface area contributed by atoms with E-state index in [0.717, 1.165) is 38.2 Å². The fraction of sp³-hybridized carbons (Fsp3) is 0.471. The van der Waals surface area contributed by atoms with Crippen molar-refractivity contribution in [3.8, 4) is 11.4 Å². The highest BCUT2D eigenvalue weighted by molar-refractivity contribution is 6.00. The molecule has 2 aromatic rings. The number of hydrogen-bond acceptors (Lipinski definition) is 4. The molecule has 6 nitrogen and oxygen atoms in total. The Morgan fingerprint density at radius 3 is 2.96 bits per heavy atom. The number of piperidine rings is 1. The maximum atomic E-state index is 13.1. The molecule has 2 aliphatic rings. The molecule has 2 aliphatic heterocycles. The van der Waals surface area contributed by atoms with Crippen LogP contribution in [-0.4, -0.2) is 52.2 Å². The first kappa shape index (κ1) is 14.4. The average molecular weight is 311 g/mol. The first-order valence-electron chi connectivity index (χ1n) is 8.22. The van der Waals surface area contributed by atoms with Gasteiger partial charge in [0.2, 0.25) is 0 Å². The lowest BCUT2D eigenvalue weighted by molar-refractivity contribution is 0.0554. The van der Waals surface area contributed by atoms with Crippen LogP contribution in [0.5, 0.6) is 0 Å². The van der Waals surface area contributed by atoms with Crippen LogP contribution in [0.2, 0.25) is 0 Å². The zero-order valence-corrected chi connectivity index (χ0v) is 13.1. The minimum atomic E-state index is 0.1000. The summed E-state index contributed by atoms with van der Waals surface area (Å²) in [4.78, 5) is 19.3. The summed E-state index contributed by atoms with van der Waals surface area (Å²) in [7, 11) is 0.